The summed E-state index contributed by atoms with van der Waals surface area (Å²) in [5.74, 6) is -0.295. The van der Waals surface area contributed by atoms with Gasteiger partial charge in [0.25, 0.3) is 0 Å². The molecule has 0 aliphatic carbocycles. The van der Waals surface area contributed by atoms with Crippen molar-refractivity contribution in [1.29, 1.82) is 0 Å². The molecule has 0 unspecified atom stereocenters. The van der Waals surface area contributed by atoms with Gasteiger partial charge in [-0.2, -0.15) is 0 Å². The molecule has 0 aromatic heterocycles. The van der Waals surface area contributed by atoms with E-state index in [0.717, 1.165) is 17.0 Å². The molecule has 0 bridgehead atoms. The predicted molar refractivity (Wildman–Crippen MR) is 144 cm³/mol. The summed E-state index contributed by atoms with van der Waals surface area (Å²) in [7, 11) is -2.32. The zero-order valence-corrected chi connectivity index (χ0v) is 23.5. The van der Waals surface area contributed by atoms with Gasteiger partial charge >= 0.3 is 0 Å². The standard InChI is InChI=1S/C25H33Cl2N3O5S/c1-6-17(3)28-25(32)23(7-2)29(15-18-8-13-21(26)22(27)14-18)24(31)16-30(36(5,33)34)19-9-11-20(35-4)12-10-19/h8-14,17,23H,6-7,15-16H2,1-5H3,(H,28,32)/t17-,23-/m0/s1. The summed E-state index contributed by atoms with van der Waals surface area (Å²) in [6.07, 6.45) is 2.08. The van der Waals surface area contributed by atoms with Crippen LogP contribution in [-0.2, 0) is 26.2 Å². The lowest BCUT2D eigenvalue weighted by Gasteiger charge is -2.33. The summed E-state index contributed by atoms with van der Waals surface area (Å²) >= 11 is 12.2. The number of ether oxygens (including phenoxy) is 1. The minimum atomic E-state index is -3.82. The quantitative estimate of drug-likeness (QED) is 0.414. The molecule has 1 N–H and O–H groups in total. The molecule has 11 heteroatoms. The summed E-state index contributed by atoms with van der Waals surface area (Å²) in [4.78, 5) is 28.2. The molecule has 0 saturated carbocycles. The van der Waals surface area contributed by atoms with Crippen LogP contribution in [0.15, 0.2) is 42.5 Å². The Labute approximate surface area is 223 Å². The van der Waals surface area contributed by atoms with Crippen molar-refractivity contribution in [3.63, 3.8) is 0 Å². The van der Waals surface area contributed by atoms with Gasteiger partial charge in [0.1, 0.15) is 18.3 Å². The van der Waals surface area contributed by atoms with Gasteiger partial charge in [0, 0.05) is 12.6 Å². The molecule has 2 rings (SSSR count). The van der Waals surface area contributed by atoms with E-state index in [9.17, 15) is 18.0 Å². The lowest BCUT2D eigenvalue weighted by atomic mass is 10.1. The molecule has 0 radical (unpaired) electrons. The highest BCUT2D eigenvalue weighted by atomic mass is 35.5. The first-order valence-corrected chi connectivity index (χ1v) is 14.2. The lowest BCUT2D eigenvalue weighted by molar-refractivity contribution is -0.140. The van der Waals surface area contributed by atoms with Crippen molar-refractivity contribution in [2.45, 2.75) is 52.2 Å². The zero-order chi connectivity index (χ0) is 27.0. The Balaban J connectivity index is 2.45. The van der Waals surface area contributed by atoms with Crippen molar-refractivity contribution >= 4 is 50.7 Å². The summed E-state index contributed by atoms with van der Waals surface area (Å²) in [5, 5.41) is 3.60. The number of nitrogens with one attached hydrogen (secondary N) is 1. The molecule has 0 spiro atoms. The minimum absolute atomic E-state index is 0.0440. The Hall–Kier alpha value is -2.49. The third kappa shape index (κ3) is 8.01. The topological polar surface area (TPSA) is 96.0 Å². The highest BCUT2D eigenvalue weighted by Crippen LogP contribution is 2.25. The number of hydrogen-bond donors (Lipinski definition) is 1. The fourth-order valence-electron chi connectivity index (χ4n) is 3.56. The maximum Gasteiger partial charge on any atom is 0.244 e. The Kier molecular flexibility index (Phi) is 10.9. The third-order valence-electron chi connectivity index (χ3n) is 5.76. The van der Waals surface area contributed by atoms with E-state index in [1.807, 2.05) is 13.8 Å². The van der Waals surface area contributed by atoms with Gasteiger partial charge in [-0.15, -0.1) is 0 Å². The number of nitrogens with zero attached hydrogens (tertiary/aromatic N) is 2. The van der Waals surface area contributed by atoms with Crippen molar-refractivity contribution in [2.24, 2.45) is 0 Å². The first kappa shape index (κ1) is 29.7. The molecular weight excluding hydrogens is 525 g/mol. The van der Waals surface area contributed by atoms with E-state index in [1.54, 1.807) is 49.4 Å². The zero-order valence-electron chi connectivity index (χ0n) is 21.1. The molecule has 0 aliphatic heterocycles. The largest absolute Gasteiger partial charge is 0.497 e. The first-order chi connectivity index (χ1) is 16.9. The summed E-state index contributed by atoms with van der Waals surface area (Å²) in [5.41, 5.74) is 0.959. The second-order valence-electron chi connectivity index (χ2n) is 8.48. The predicted octanol–water partition coefficient (Wildman–Crippen LogP) is 4.49. The Morgan fingerprint density at radius 1 is 1.03 bits per heavy atom. The second kappa shape index (κ2) is 13.2. The van der Waals surface area contributed by atoms with Gasteiger partial charge in [-0.1, -0.05) is 43.1 Å². The van der Waals surface area contributed by atoms with Gasteiger partial charge in [-0.3, -0.25) is 13.9 Å². The fraction of sp³-hybridized carbons (Fsp3) is 0.440. The number of hydrogen-bond acceptors (Lipinski definition) is 5. The average Bonchev–Trinajstić information content (AvgIpc) is 2.83. The lowest BCUT2D eigenvalue weighted by Crippen LogP contribution is -2.53. The molecule has 2 atom stereocenters. The van der Waals surface area contributed by atoms with Crippen LogP contribution in [0, 0.1) is 0 Å². The molecule has 8 nitrogen and oxygen atoms in total. The maximum atomic E-state index is 13.7. The van der Waals surface area contributed by atoms with Crippen LogP contribution in [0.1, 0.15) is 39.2 Å². The van der Waals surface area contributed by atoms with E-state index in [-0.39, 0.29) is 18.5 Å². The molecule has 0 saturated heterocycles. The highest BCUT2D eigenvalue weighted by molar-refractivity contribution is 7.92. The molecule has 198 valence electrons. The Morgan fingerprint density at radius 2 is 1.67 bits per heavy atom. The second-order valence-corrected chi connectivity index (χ2v) is 11.2. The molecule has 0 fully saturated rings. The molecule has 2 amide bonds. The van der Waals surface area contributed by atoms with Crippen LogP contribution in [0.25, 0.3) is 0 Å². The van der Waals surface area contributed by atoms with E-state index >= 15 is 0 Å². The fourth-order valence-corrected chi connectivity index (χ4v) is 4.73. The van der Waals surface area contributed by atoms with Crippen LogP contribution in [0.2, 0.25) is 10.0 Å². The molecule has 0 heterocycles. The maximum absolute atomic E-state index is 13.7. The van der Waals surface area contributed by atoms with Crippen molar-refractivity contribution in [2.75, 3.05) is 24.2 Å². The number of halogens is 2. The van der Waals surface area contributed by atoms with Crippen molar-refractivity contribution < 1.29 is 22.7 Å². The molecule has 0 aliphatic rings. The number of anilines is 1. The number of benzene rings is 2. The van der Waals surface area contributed by atoms with Gasteiger partial charge in [0.2, 0.25) is 21.8 Å². The molecular formula is C25H33Cl2N3O5S. The third-order valence-corrected chi connectivity index (χ3v) is 7.64. The molecule has 2 aromatic rings. The number of carbonyl (C=O) groups excluding carboxylic acids is 2. The van der Waals surface area contributed by atoms with E-state index in [4.69, 9.17) is 27.9 Å². The van der Waals surface area contributed by atoms with Gasteiger partial charge in [0.05, 0.1) is 29.1 Å². The number of sulfonamides is 1. The average molecular weight is 559 g/mol. The van der Waals surface area contributed by atoms with Gasteiger partial charge < -0.3 is 15.0 Å². The smallest absolute Gasteiger partial charge is 0.244 e. The first-order valence-electron chi connectivity index (χ1n) is 11.6. The minimum Gasteiger partial charge on any atom is -0.497 e. The van der Waals surface area contributed by atoms with Crippen LogP contribution in [0.4, 0.5) is 5.69 Å². The van der Waals surface area contributed by atoms with Gasteiger partial charge in [-0.05, 0) is 61.7 Å². The summed E-state index contributed by atoms with van der Waals surface area (Å²) in [6.45, 7) is 5.18. The monoisotopic (exact) mass is 557 g/mol. The van der Waals surface area contributed by atoms with Gasteiger partial charge in [0.15, 0.2) is 0 Å². The van der Waals surface area contributed by atoms with E-state index in [0.29, 0.717) is 33.5 Å². The number of rotatable bonds is 12. The highest BCUT2D eigenvalue weighted by Gasteiger charge is 2.32. The molecule has 36 heavy (non-hydrogen) atoms. The van der Waals surface area contributed by atoms with Crippen molar-refractivity contribution in [1.82, 2.24) is 10.2 Å². The Bertz CT molecular complexity index is 1160. The van der Waals surface area contributed by atoms with Gasteiger partial charge in [-0.25, -0.2) is 8.42 Å². The number of methoxy groups -OCH3 is 1. The summed E-state index contributed by atoms with van der Waals surface area (Å²) in [6, 6.07) is 10.4. The van der Waals surface area contributed by atoms with Crippen LogP contribution in [0.3, 0.4) is 0 Å². The number of amides is 2. The van der Waals surface area contributed by atoms with Crippen LogP contribution < -0.4 is 14.4 Å². The SMILES string of the molecule is CC[C@H](C)NC(=O)[C@H](CC)N(Cc1ccc(Cl)c(Cl)c1)C(=O)CN(c1ccc(OC)cc1)S(C)(=O)=O. The van der Waals surface area contributed by atoms with Crippen molar-refractivity contribution in [3.8, 4) is 5.75 Å². The van der Waals surface area contributed by atoms with Crippen molar-refractivity contribution in [3.05, 3.63) is 58.1 Å². The Morgan fingerprint density at radius 3 is 2.17 bits per heavy atom. The number of carbonyl (C=O) groups is 2. The van der Waals surface area contributed by atoms with E-state index in [2.05, 4.69) is 5.32 Å². The van der Waals surface area contributed by atoms with Crippen LogP contribution in [-0.4, -0.2) is 57.1 Å². The summed E-state index contributed by atoms with van der Waals surface area (Å²) < 4.78 is 31.5. The van der Waals surface area contributed by atoms with Crippen LogP contribution in [0.5, 0.6) is 5.75 Å². The van der Waals surface area contributed by atoms with E-state index in [1.165, 1.54) is 12.0 Å². The molecule has 2 aromatic carbocycles. The van der Waals surface area contributed by atoms with E-state index < -0.39 is 28.5 Å². The normalized spacial score (nSPS) is 13.0. The van der Waals surface area contributed by atoms with Crippen LogP contribution >= 0.6 is 23.2 Å².